The summed E-state index contributed by atoms with van der Waals surface area (Å²) in [6, 6.07) is 0. The molecule has 1 aromatic rings. The van der Waals surface area contributed by atoms with Crippen molar-refractivity contribution in [3.05, 3.63) is 28.5 Å². The Kier molecular flexibility index (Phi) is 2.88. The zero-order chi connectivity index (χ0) is 8.27. The summed E-state index contributed by atoms with van der Waals surface area (Å²) < 4.78 is 2.91. The number of halogens is 1. The van der Waals surface area contributed by atoms with Gasteiger partial charge < -0.3 is 0 Å². The summed E-state index contributed by atoms with van der Waals surface area (Å²) >= 11 is 3.34. The van der Waals surface area contributed by atoms with Crippen molar-refractivity contribution in [2.75, 3.05) is 0 Å². The van der Waals surface area contributed by atoms with Crippen LogP contribution < -0.4 is 0 Å². The van der Waals surface area contributed by atoms with Crippen LogP contribution in [0.1, 0.15) is 13.8 Å². The second-order valence-corrected chi connectivity index (χ2v) is 3.58. The first-order valence-electron chi connectivity index (χ1n) is 3.50. The molecule has 0 N–H and O–H groups in total. The Labute approximate surface area is 75.0 Å². The van der Waals surface area contributed by atoms with Crippen molar-refractivity contribution in [2.45, 2.75) is 20.4 Å². The van der Waals surface area contributed by atoms with Gasteiger partial charge in [-0.05, 0) is 29.8 Å². The SMILES string of the molecule is CC(C)=CCn1cc(Br)cn1. The van der Waals surface area contributed by atoms with Gasteiger partial charge in [0.2, 0.25) is 0 Å². The fourth-order valence-corrected chi connectivity index (χ4v) is 1.04. The topological polar surface area (TPSA) is 17.8 Å². The minimum atomic E-state index is 0.855. The van der Waals surface area contributed by atoms with Crippen LogP contribution in [0.5, 0.6) is 0 Å². The largest absolute Gasteiger partial charge is 0.268 e. The maximum absolute atomic E-state index is 4.11. The van der Waals surface area contributed by atoms with Crippen LogP contribution in [0.3, 0.4) is 0 Å². The summed E-state index contributed by atoms with van der Waals surface area (Å²) in [6.45, 7) is 5.02. The molecular weight excluding hydrogens is 204 g/mol. The Morgan fingerprint density at radius 1 is 1.73 bits per heavy atom. The van der Waals surface area contributed by atoms with Crippen molar-refractivity contribution in [2.24, 2.45) is 0 Å². The maximum Gasteiger partial charge on any atom is 0.0632 e. The van der Waals surface area contributed by atoms with Gasteiger partial charge in [0.15, 0.2) is 0 Å². The minimum absolute atomic E-state index is 0.855. The lowest BCUT2D eigenvalue weighted by Crippen LogP contribution is -1.94. The van der Waals surface area contributed by atoms with Gasteiger partial charge in [0.1, 0.15) is 0 Å². The lowest BCUT2D eigenvalue weighted by molar-refractivity contribution is 0.698. The van der Waals surface area contributed by atoms with E-state index in [9.17, 15) is 0 Å². The van der Waals surface area contributed by atoms with E-state index in [4.69, 9.17) is 0 Å². The zero-order valence-corrected chi connectivity index (χ0v) is 8.30. The molecule has 0 saturated carbocycles. The van der Waals surface area contributed by atoms with Crippen molar-refractivity contribution in [1.29, 1.82) is 0 Å². The summed E-state index contributed by atoms with van der Waals surface area (Å²) in [6.07, 6.45) is 5.89. The molecule has 0 unspecified atom stereocenters. The Balaban J connectivity index is 2.58. The summed E-state index contributed by atoms with van der Waals surface area (Å²) in [5, 5.41) is 4.11. The third-order valence-electron chi connectivity index (χ3n) is 1.29. The van der Waals surface area contributed by atoms with E-state index in [0.29, 0.717) is 0 Å². The van der Waals surface area contributed by atoms with E-state index >= 15 is 0 Å². The molecule has 1 aromatic heterocycles. The molecule has 3 heteroatoms. The third kappa shape index (κ3) is 2.89. The molecule has 0 saturated heterocycles. The fourth-order valence-electron chi connectivity index (χ4n) is 0.714. The van der Waals surface area contributed by atoms with Crippen LogP contribution in [0.2, 0.25) is 0 Å². The van der Waals surface area contributed by atoms with E-state index in [1.165, 1.54) is 5.57 Å². The molecule has 0 spiro atoms. The zero-order valence-electron chi connectivity index (χ0n) is 6.71. The van der Waals surface area contributed by atoms with Gasteiger partial charge in [0.25, 0.3) is 0 Å². The van der Waals surface area contributed by atoms with Crippen LogP contribution in [-0.4, -0.2) is 9.78 Å². The molecule has 0 aromatic carbocycles. The number of hydrogen-bond acceptors (Lipinski definition) is 1. The molecule has 2 nitrogen and oxygen atoms in total. The Hall–Kier alpha value is -0.570. The lowest BCUT2D eigenvalue weighted by atomic mass is 10.3. The standard InChI is InChI=1S/C8H11BrN2/c1-7(2)3-4-11-6-8(9)5-10-11/h3,5-6H,4H2,1-2H3. The molecule has 0 bridgehead atoms. The highest BCUT2D eigenvalue weighted by Crippen LogP contribution is 2.06. The highest BCUT2D eigenvalue weighted by molar-refractivity contribution is 9.10. The van der Waals surface area contributed by atoms with E-state index in [0.717, 1.165) is 11.0 Å². The third-order valence-corrected chi connectivity index (χ3v) is 1.70. The first-order valence-corrected chi connectivity index (χ1v) is 4.29. The molecule has 0 aliphatic heterocycles. The van der Waals surface area contributed by atoms with Gasteiger partial charge in [-0.25, -0.2) is 0 Å². The van der Waals surface area contributed by atoms with Gasteiger partial charge in [-0.1, -0.05) is 11.6 Å². The normalized spacial score (nSPS) is 9.73. The summed E-state index contributed by atoms with van der Waals surface area (Å²) in [4.78, 5) is 0. The Bertz CT molecular complexity index is 259. The van der Waals surface area contributed by atoms with Crippen LogP contribution in [0, 0.1) is 0 Å². The molecule has 0 radical (unpaired) electrons. The first-order chi connectivity index (χ1) is 5.18. The van der Waals surface area contributed by atoms with E-state index in [1.807, 2.05) is 10.9 Å². The van der Waals surface area contributed by atoms with Crippen LogP contribution in [0.4, 0.5) is 0 Å². The summed E-state index contributed by atoms with van der Waals surface area (Å²) in [5.74, 6) is 0. The van der Waals surface area contributed by atoms with Gasteiger partial charge in [0, 0.05) is 6.20 Å². The Morgan fingerprint density at radius 2 is 2.45 bits per heavy atom. The van der Waals surface area contributed by atoms with Crippen molar-refractivity contribution in [3.63, 3.8) is 0 Å². The average molecular weight is 215 g/mol. The van der Waals surface area contributed by atoms with E-state index < -0.39 is 0 Å². The van der Waals surface area contributed by atoms with Crippen molar-refractivity contribution in [1.82, 2.24) is 9.78 Å². The number of nitrogens with zero attached hydrogens (tertiary/aromatic N) is 2. The van der Waals surface area contributed by atoms with Gasteiger partial charge >= 0.3 is 0 Å². The maximum atomic E-state index is 4.11. The second kappa shape index (κ2) is 3.72. The predicted octanol–water partition coefficient (Wildman–Crippen LogP) is 2.61. The molecule has 11 heavy (non-hydrogen) atoms. The quantitative estimate of drug-likeness (QED) is 0.693. The molecule has 0 fully saturated rings. The van der Waals surface area contributed by atoms with Gasteiger partial charge in [-0.3, -0.25) is 4.68 Å². The predicted molar refractivity (Wildman–Crippen MR) is 49.4 cm³/mol. The van der Waals surface area contributed by atoms with E-state index in [-0.39, 0.29) is 0 Å². The molecular formula is C8H11BrN2. The van der Waals surface area contributed by atoms with Crippen LogP contribution in [0.25, 0.3) is 0 Å². The molecule has 1 heterocycles. The number of aromatic nitrogens is 2. The van der Waals surface area contributed by atoms with Crippen molar-refractivity contribution in [3.8, 4) is 0 Å². The first kappa shape index (κ1) is 8.53. The van der Waals surface area contributed by atoms with Crippen molar-refractivity contribution >= 4 is 15.9 Å². The van der Waals surface area contributed by atoms with E-state index in [2.05, 4.69) is 41.0 Å². The van der Waals surface area contributed by atoms with Crippen LogP contribution in [-0.2, 0) is 6.54 Å². The number of hydrogen-bond donors (Lipinski definition) is 0. The monoisotopic (exact) mass is 214 g/mol. The summed E-state index contributed by atoms with van der Waals surface area (Å²) in [5.41, 5.74) is 1.32. The van der Waals surface area contributed by atoms with E-state index in [1.54, 1.807) is 6.20 Å². The highest BCUT2D eigenvalue weighted by Gasteiger charge is 1.90. The number of allylic oxidation sites excluding steroid dienone is 2. The second-order valence-electron chi connectivity index (χ2n) is 2.66. The molecule has 1 rings (SSSR count). The van der Waals surface area contributed by atoms with Gasteiger partial charge in [-0.2, -0.15) is 5.10 Å². The smallest absolute Gasteiger partial charge is 0.0632 e. The molecule has 0 aliphatic carbocycles. The van der Waals surface area contributed by atoms with Crippen molar-refractivity contribution < 1.29 is 0 Å². The fraction of sp³-hybridized carbons (Fsp3) is 0.375. The summed E-state index contributed by atoms with van der Waals surface area (Å²) in [7, 11) is 0. The number of rotatable bonds is 2. The van der Waals surface area contributed by atoms with Crippen LogP contribution in [0.15, 0.2) is 28.5 Å². The molecule has 0 aliphatic rings. The van der Waals surface area contributed by atoms with Gasteiger partial charge in [-0.15, -0.1) is 0 Å². The highest BCUT2D eigenvalue weighted by atomic mass is 79.9. The Morgan fingerprint density at radius 3 is 2.91 bits per heavy atom. The molecule has 0 atom stereocenters. The molecule has 60 valence electrons. The van der Waals surface area contributed by atoms with Crippen LogP contribution >= 0.6 is 15.9 Å². The molecule has 0 amide bonds. The lowest BCUT2D eigenvalue weighted by Gasteiger charge is -1.94. The average Bonchev–Trinajstić information content (AvgIpc) is 2.31. The van der Waals surface area contributed by atoms with Gasteiger partial charge in [0.05, 0.1) is 17.2 Å². The minimum Gasteiger partial charge on any atom is -0.268 e.